The highest BCUT2D eigenvalue weighted by molar-refractivity contribution is 8.02. The maximum Gasteiger partial charge on any atom is 0.322 e. The van der Waals surface area contributed by atoms with Crippen molar-refractivity contribution in [3.05, 3.63) is 0 Å². The van der Waals surface area contributed by atoms with Gasteiger partial charge in [-0.3, -0.25) is 9.59 Å². The molecular weight excluding hydrogens is 192 g/mol. The van der Waals surface area contributed by atoms with Gasteiger partial charge in [0.05, 0.1) is 12.4 Å². The Bertz CT molecular complexity index is 222. The van der Waals surface area contributed by atoms with E-state index in [9.17, 15) is 9.59 Å². The van der Waals surface area contributed by atoms with E-state index < -0.39 is 10.7 Å². The van der Waals surface area contributed by atoms with E-state index >= 15 is 0 Å². The van der Waals surface area contributed by atoms with Crippen LogP contribution in [0.5, 0.6) is 0 Å². The Balaban J connectivity index is 2.38. The first-order valence-electron chi connectivity index (χ1n) is 4.14. The van der Waals surface area contributed by atoms with Crippen LogP contribution in [0.15, 0.2) is 0 Å². The second-order valence-electron chi connectivity index (χ2n) is 2.90. The molecule has 0 atom stereocenters. The summed E-state index contributed by atoms with van der Waals surface area (Å²) >= 11 is 1.17. The van der Waals surface area contributed by atoms with Crippen molar-refractivity contribution in [1.29, 1.82) is 0 Å². The van der Waals surface area contributed by atoms with Crippen LogP contribution in [-0.4, -0.2) is 34.2 Å². The summed E-state index contributed by atoms with van der Waals surface area (Å²) in [6, 6.07) is 0. The topological polar surface area (TPSA) is 63.6 Å². The van der Waals surface area contributed by atoms with Crippen LogP contribution in [0.3, 0.4) is 0 Å². The van der Waals surface area contributed by atoms with Crippen LogP contribution in [0.25, 0.3) is 0 Å². The molecule has 0 unspecified atom stereocenters. The first-order chi connectivity index (χ1) is 6.10. The van der Waals surface area contributed by atoms with Crippen molar-refractivity contribution in [2.45, 2.75) is 24.5 Å². The molecule has 0 aromatic carbocycles. The number of aliphatic carboxylic acids is 1. The van der Waals surface area contributed by atoms with Gasteiger partial charge in [-0.15, -0.1) is 11.8 Å². The Morgan fingerprint density at radius 1 is 1.54 bits per heavy atom. The largest absolute Gasteiger partial charge is 0.481 e. The van der Waals surface area contributed by atoms with Crippen LogP contribution < -0.4 is 0 Å². The number of ether oxygens (including phenoxy) is 1. The van der Waals surface area contributed by atoms with E-state index in [0.29, 0.717) is 6.61 Å². The lowest BCUT2D eigenvalue weighted by molar-refractivity contribution is -0.143. The number of hydrogen-bond donors (Lipinski definition) is 1. The van der Waals surface area contributed by atoms with Gasteiger partial charge in [-0.25, -0.2) is 0 Å². The smallest absolute Gasteiger partial charge is 0.322 e. The Labute approximate surface area is 80.6 Å². The van der Waals surface area contributed by atoms with Crippen molar-refractivity contribution in [3.63, 3.8) is 0 Å². The average Bonchev–Trinajstić information content (AvgIpc) is 2.82. The summed E-state index contributed by atoms with van der Waals surface area (Å²) in [5, 5.41) is 8.44. The molecule has 1 fully saturated rings. The van der Waals surface area contributed by atoms with Gasteiger partial charge in [0.2, 0.25) is 0 Å². The van der Waals surface area contributed by atoms with Crippen molar-refractivity contribution in [3.8, 4) is 0 Å². The minimum absolute atomic E-state index is 0.0290. The number of hydrogen-bond acceptors (Lipinski definition) is 4. The molecule has 0 aliphatic heterocycles. The molecule has 1 N–H and O–H groups in total. The molecule has 0 amide bonds. The standard InChI is InChI=1S/C8H12O4S/c1-2-12-7(11)8(3-4-8)13-5-6(9)10/h2-5H2,1H3,(H,9,10). The van der Waals surface area contributed by atoms with Crippen LogP contribution in [0.1, 0.15) is 19.8 Å². The van der Waals surface area contributed by atoms with Gasteiger partial charge in [-0.1, -0.05) is 0 Å². The number of rotatable bonds is 5. The second kappa shape index (κ2) is 4.00. The minimum Gasteiger partial charge on any atom is -0.481 e. The summed E-state index contributed by atoms with van der Waals surface area (Å²) in [7, 11) is 0. The molecule has 4 nitrogen and oxygen atoms in total. The normalized spacial score (nSPS) is 17.9. The van der Waals surface area contributed by atoms with E-state index in [1.54, 1.807) is 6.92 Å². The maximum absolute atomic E-state index is 11.3. The zero-order valence-corrected chi connectivity index (χ0v) is 8.23. The number of thioether (sulfide) groups is 1. The fraction of sp³-hybridized carbons (Fsp3) is 0.750. The van der Waals surface area contributed by atoms with E-state index in [0.717, 1.165) is 12.8 Å². The molecule has 13 heavy (non-hydrogen) atoms. The molecule has 0 heterocycles. The highest BCUT2D eigenvalue weighted by atomic mass is 32.2. The number of carbonyl (C=O) groups is 2. The molecule has 1 rings (SSSR count). The van der Waals surface area contributed by atoms with Crippen molar-refractivity contribution >= 4 is 23.7 Å². The third-order valence-electron chi connectivity index (χ3n) is 1.82. The van der Waals surface area contributed by atoms with Crippen LogP contribution in [0.4, 0.5) is 0 Å². The molecule has 1 saturated carbocycles. The van der Waals surface area contributed by atoms with Gasteiger partial charge in [0.15, 0.2) is 0 Å². The van der Waals surface area contributed by atoms with Crippen LogP contribution in [-0.2, 0) is 14.3 Å². The summed E-state index contributed by atoms with van der Waals surface area (Å²) in [5.41, 5.74) is 0. The Morgan fingerprint density at radius 2 is 2.15 bits per heavy atom. The molecule has 5 heteroatoms. The van der Waals surface area contributed by atoms with Gasteiger partial charge < -0.3 is 9.84 Å². The first kappa shape index (κ1) is 10.4. The van der Waals surface area contributed by atoms with Crippen molar-refractivity contribution in [2.24, 2.45) is 0 Å². The second-order valence-corrected chi connectivity index (χ2v) is 4.26. The Morgan fingerprint density at radius 3 is 2.54 bits per heavy atom. The molecule has 74 valence electrons. The number of esters is 1. The zero-order valence-electron chi connectivity index (χ0n) is 7.41. The summed E-state index contributed by atoms with van der Waals surface area (Å²) in [4.78, 5) is 21.6. The van der Waals surface area contributed by atoms with Crippen LogP contribution in [0, 0.1) is 0 Å². The fourth-order valence-corrected chi connectivity index (χ4v) is 1.95. The maximum atomic E-state index is 11.3. The van der Waals surface area contributed by atoms with E-state index in [1.807, 2.05) is 0 Å². The molecule has 0 bridgehead atoms. The third kappa shape index (κ3) is 2.62. The van der Waals surface area contributed by atoms with E-state index in [4.69, 9.17) is 9.84 Å². The minimum atomic E-state index is -0.888. The van der Waals surface area contributed by atoms with Crippen molar-refractivity contribution < 1.29 is 19.4 Å². The molecule has 0 radical (unpaired) electrons. The quantitative estimate of drug-likeness (QED) is 0.674. The molecular formula is C8H12O4S. The van der Waals surface area contributed by atoms with Gasteiger partial charge >= 0.3 is 11.9 Å². The average molecular weight is 204 g/mol. The molecule has 0 aromatic rings. The lowest BCUT2D eigenvalue weighted by atomic mass is 10.4. The third-order valence-corrected chi connectivity index (χ3v) is 3.34. The Hall–Kier alpha value is -0.710. The first-order valence-corrected chi connectivity index (χ1v) is 5.12. The van der Waals surface area contributed by atoms with Crippen molar-refractivity contribution in [2.75, 3.05) is 12.4 Å². The zero-order chi connectivity index (χ0) is 9.90. The number of carbonyl (C=O) groups excluding carboxylic acids is 1. The molecule has 1 aliphatic carbocycles. The highest BCUT2D eigenvalue weighted by Gasteiger charge is 2.52. The molecule has 0 spiro atoms. The van der Waals surface area contributed by atoms with E-state index in [2.05, 4.69) is 0 Å². The predicted octanol–water partition coefficient (Wildman–Crippen LogP) is 0.900. The summed E-state index contributed by atoms with van der Waals surface area (Å²) in [6.07, 6.45) is 1.48. The number of carboxylic acid groups (broad SMARTS) is 1. The van der Waals surface area contributed by atoms with Crippen LogP contribution >= 0.6 is 11.8 Å². The summed E-state index contributed by atoms with van der Waals surface area (Å²) < 4.78 is 4.32. The Kier molecular flexibility index (Phi) is 3.19. The lowest BCUT2D eigenvalue weighted by Gasteiger charge is -2.11. The van der Waals surface area contributed by atoms with Gasteiger partial charge in [0.1, 0.15) is 4.75 Å². The fourth-order valence-electron chi connectivity index (χ4n) is 0.983. The predicted molar refractivity (Wildman–Crippen MR) is 48.7 cm³/mol. The van der Waals surface area contributed by atoms with Gasteiger partial charge in [-0.2, -0.15) is 0 Å². The van der Waals surface area contributed by atoms with Crippen molar-refractivity contribution in [1.82, 2.24) is 0 Å². The van der Waals surface area contributed by atoms with Crippen LogP contribution in [0.2, 0.25) is 0 Å². The molecule has 1 aliphatic rings. The van der Waals surface area contributed by atoms with E-state index in [-0.39, 0.29) is 11.7 Å². The van der Waals surface area contributed by atoms with Gasteiger partial charge in [0.25, 0.3) is 0 Å². The highest BCUT2D eigenvalue weighted by Crippen LogP contribution is 2.49. The summed E-state index contributed by atoms with van der Waals surface area (Å²) in [5.74, 6) is -1.18. The monoisotopic (exact) mass is 204 g/mol. The lowest BCUT2D eigenvalue weighted by Crippen LogP contribution is -2.23. The van der Waals surface area contributed by atoms with Gasteiger partial charge in [-0.05, 0) is 19.8 Å². The molecule has 0 aromatic heterocycles. The SMILES string of the molecule is CCOC(=O)C1(SCC(=O)O)CC1. The molecule has 0 saturated heterocycles. The van der Waals surface area contributed by atoms with Gasteiger partial charge in [0, 0.05) is 0 Å². The number of carboxylic acids is 1. The van der Waals surface area contributed by atoms with E-state index in [1.165, 1.54) is 11.8 Å². The summed E-state index contributed by atoms with van der Waals surface area (Å²) in [6.45, 7) is 2.10.